The van der Waals surface area contributed by atoms with Gasteiger partial charge in [-0.3, -0.25) is 9.59 Å². The quantitative estimate of drug-likeness (QED) is 0.681. The van der Waals surface area contributed by atoms with Crippen molar-refractivity contribution in [3.8, 4) is 0 Å². The van der Waals surface area contributed by atoms with Crippen LogP contribution in [-0.4, -0.2) is 54.1 Å². The number of carboxylic acid groups (broad SMARTS) is 1. The van der Waals surface area contributed by atoms with Gasteiger partial charge in [0.05, 0.1) is 5.92 Å². The van der Waals surface area contributed by atoms with Crippen LogP contribution >= 0.6 is 0 Å². The lowest BCUT2D eigenvalue weighted by Gasteiger charge is -2.30. The van der Waals surface area contributed by atoms with Crippen LogP contribution < -0.4 is 10.6 Å². The van der Waals surface area contributed by atoms with Crippen molar-refractivity contribution in [2.24, 2.45) is 5.92 Å². The van der Waals surface area contributed by atoms with Crippen molar-refractivity contribution in [2.45, 2.75) is 38.6 Å². The second kappa shape index (κ2) is 7.72. The smallest absolute Gasteiger partial charge is 0.318 e. The van der Waals surface area contributed by atoms with Gasteiger partial charge in [0.1, 0.15) is 6.54 Å². The molecule has 20 heavy (non-hydrogen) atoms. The fourth-order valence-corrected chi connectivity index (χ4v) is 2.39. The van der Waals surface area contributed by atoms with Crippen molar-refractivity contribution < 1.29 is 19.5 Å². The summed E-state index contributed by atoms with van der Waals surface area (Å²) in [6.07, 6.45) is 2.70. The van der Waals surface area contributed by atoms with E-state index in [4.69, 9.17) is 5.11 Å². The molecular formula is C13H23N3O4. The second-order valence-corrected chi connectivity index (χ2v) is 5.04. The Kier molecular flexibility index (Phi) is 6.27. The van der Waals surface area contributed by atoms with Crippen molar-refractivity contribution in [1.82, 2.24) is 15.5 Å². The minimum absolute atomic E-state index is 0.00785. The number of rotatable bonds is 5. The van der Waals surface area contributed by atoms with Crippen molar-refractivity contribution in [3.05, 3.63) is 0 Å². The predicted molar refractivity (Wildman–Crippen MR) is 73.2 cm³/mol. The van der Waals surface area contributed by atoms with Crippen LogP contribution in [0.2, 0.25) is 0 Å². The Morgan fingerprint density at radius 3 is 2.55 bits per heavy atom. The lowest BCUT2D eigenvalue weighted by molar-refractivity contribution is -0.143. The predicted octanol–water partition coefficient (Wildman–Crippen LogP) is 0.407. The molecule has 1 aliphatic carbocycles. The lowest BCUT2D eigenvalue weighted by atomic mass is 9.86. The largest absolute Gasteiger partial charge is 0.481 e. The highest BCUT2D eigenvalue weighted by Crippen LogP contribution is 2.24. The highest BCUT2D eigenvalue weighted by atomic mass is 16.4. The van der Waals surface area contributed by atoms with E-state index in [2.05, 4.69) is 10.6 Å². The Labute approximate surface area is 118 Å². The van der Waals surface area contributed by atoms with Crippen molar-refractivity contribution in [1.29, 1.82) is 0 Å². The van der Waals surface area contributed by atoms with Gasteiger partial charge in [-0.2, -0.15) is 0 Å². The Morgan fingerprint density at radius 2 is 2.00 bits per heavy atom. The SMILES string of the molecule is CCN(CC(=O)NC)C(=O)NC1CCCC(C(=O)O)C1. The average Bonchev–Trinajstić information content (AvgIpc) is 2.44. The number of aliphatic carboxylic acids is 1. The maximum atomic E-state index is 12.1. The van der Waals surface area contributed by atoms with Gasteiger partial charge in [-0.15, -0.1) is 0 Å². The van der Waals surface area contributed by atoms with E-state index < -0.39 is 5.97 Å². The molecule has 0 spiro atoms. The molecule has 0 heterocycles. The zero-order valence-electron chi connectivity index (χ0n) is 12.0. The minimum Gasteiger partial charge on any atom is -0.481 e. The molecular weight excluding hydrogens is 262 g/mol. The van der Waals surface area contributed by atoms with E-state index in [0.717, 1.165) is 12.8 Å². The summed E-state index contributed by atoms with van der Waals surface area (Å²) in [7, 11) is 1.52. The first-order valence-electron chi connectivity index (χ1n) is 6.96. The number of urea groups is 1. The molecule has 0 saturated heterocycles. The normalized spacial score (nSPS) is 21.9. The van der Waals surface area contributed by atoms with Crippen molar-refractivity contribution in [2.75, 3.05) is 20.1 Å². The third kappa shape index (κ3) is 4.71. The van der Waals surface area contributed by atoms with E-state index in [1.807, 2.05) is 0 Å². The van der Waals surface area contributed by atoms with Crippen LogP contribution in [0.25, 0.3) is 0 Å². The summed E-state index contributed by atoms with van der Waals surface area (Å²) in [4.78, 5) is 35.8. The van der Waals surface area contributed by atoms with Gasteiger partial charge in [-0.1, -0.05) is 6.42 Å². The zero-order chi connectivity index (χ0) is 15.1. The summed E-state index contributed by atoms with van der Waals surface area (Å²) in [6, 6.07) is -0.441. The number of carboxylic acids is 1. The maximum Gasteiger partial charge on any atom is 0.318 e. The molecule has 1 aliphatic rings. The van der Waals surface area contributed by atoms with Gasteiger partial charge < -0.3 is 20.6 Å². The first kappa shape index (κ1) is 16.3. The molecule has 7 heteroatoms. The summed E-state index contributed by atoms with van der Waals surface area (Å²) < 4.78 is 0. The van der Waals surface area contributed by atoms with E-state index in [9.17, 15) is 14.4 Å². The Bertz CT molecular complexity index is 373. The summed E-state index contributed by atoms with van der Waals surface area (Å²) in [6.45, 7) is 2.23. The molecule has 3 N–H and O–H groups in total. The van der Waals surface area contributed by atoms with E-state index in [-0.39, 0.29) is 30.4 Å². The van der Waals surface area contributed by atoms with Crippen LogP contribution in [-0.2, 0) is 9.59 Å². The maximum absolute atomic E-state index is 12.1. The fraction of sp³-hybridized carbons (Fsp3) is 0.769. The molecule has 0 aromatic heterocycles. The first-order valence-corrected chi connectivity index (χ1v) is 6.96. The molecule has 1 rings (SSSR count). The van der Waals surface area contributed by atoms with E-state index in [1.54, 1.807) is 6.92 Å². The van der Waals surface area contributed by atoms with E-state index in [1.165, 1.54) is 11.9 Å². The molecule has 7 nitrogen and oxygen atoms in total. The van der Waals surface area contributed by atoms with Gasteiger partial charge in [0.25, 0.3) is 0 Å². The summed E-state index contributed by atoms with van der Waals surface area (Å²) in [5, 5.41) is 14.3. The molecule has 0 aliphatic heterocycles. The highest BCUT2D eigenvalue weighted by molar-refractivity contribution is 5.84. The average molecular weight is 285 g/mol. The van der Waals surface area contributed by atoms with Crippen LogP contribution in [0.1, 0.15) is 32.6 Å². The third-order valence-corrected chi connectivity index (χ3v) is 3.63. The van der Waals surface area contributed by atoms with Crippen LogP contribution in [0.5, 0.6) is 0 Å². The summed E-state index contributed by atoms with van der Waals surface area (Å²) in [5.74, 6) is -1.42. The monoisotopic (exact) mass is 285 g/mol. The molecule has 0 aromatic carbocycles. The second-order valence-electron chi connectivity index (χ2n) is 5.04. The molecule has 2 unspecified atom stereocenters. The Hall–Kier alpha value is -1.79. The number of hydrogen-bond donors (Lipinski definition) is 3. The first-order chi connectivity index (χ1) is 9.47. The van der Waals surface area contributed by atoms with Gasteiger partial charge in [0.15, 0.2) is 0 Å². The topological polar surface area (TPSA) is 98.7 Å². The van der Waals surface area contributed by atoms with Crippen LogP contribution in [0.3, 0.4) is 0 Å². The fourth-order valence-electron chi connectivity index (χ4n) is 2.39. The molecule has 0 bridgehead atoms. The number of nitrogens with zero attached hydrogens (tertiary/aromatic N) is 1. The molecule has 1 fully saturated rings. The van der Waals surface area contributed by atoms with E-state index in [0.29, 0.717) is 19.4 Å². The van der Waals surface area contributed by atoms with Gasteiger partial charge >= 0.3 is 12.0 Å². The standard InChI is InChI=1S/C13H23N3O4/c1-3-16(8-11(17)14-2)13(20)15-10-6-4-5-9(7-10)12(18)19/h9-10H,3-8H2,1-2H3,(H,14,17)(H,15,20)(H,18,19). The highest BCUT2D eigenvalue weighted by Gasteiger charge is 2.28. The van der Waals surface area contributed by atoms with Crippen LogP contribution in [0, 0.1) is 5.92 Å². The number of amides is 3. The summed E-state index contributed by atoms with van der Waals surface area (Å²) in [5.41, 5.74) is 0. The van der Waals surface area contributed by atoms with Gasteiger partial charge in [-0.25, -0.2) is 4.79 Å². The van der Waals surface area contributed by atoms with Crippen molar-refractivity contribution >= 4 is 17.9 Å². The number of nitrogens with one attached hydrogen (secondary N) is 2. The van der Waals surface area contributed by atoms with Gasteiger partial charge in [0, 0.05) is 19.6 Å². The molecule has 2 atom stereocenters. The van der Waals surface area contributed by atoms with Crippen molar-refractivity contribution in [3.63, 3.8) is 0 Å². The molecule has 3 amide bonds. The number of likely N-dealkylation sites (N-methyl/N-ethyl adjacent to an activating group) is 2. The number of hydrogen-bond acceptors (Lipinski definition) is 3. The lowest BCUT2D eigenvalue weighted by Crippen LogP contribution is -2.49. The molecule has 1 saturated carbocycles. The number of carbonyl (C=O) groups is 3. The van der Waals surface area contributed by atoms with Crippen LogP contribution in [0.4, 0.5) is 4.79 Å². The number of carbonyl (C=O) groups excluding carboxylic acids is 2. The Morgan fingerprint density at radius 1 is 1.30 bits per heavy atom. The van der Waals surface area contributed by atoms with Crippen LogP contribution in [0.15, 0.2) is 0 Å². The summed E-state index contributed by atoms with van der Waals surface area (Å²) >= 11 is 0. The third-order valence-electron chi connectivity index (χ3n) is 3.63. The zero-order valence-corrected chi connectivity index (χ0v) is 12.0. The minimum atomic E-state index is -0.804. The molecule has 0 radical (unpaired) electrons. The molecule has 114 valence electrons. The molecule has 0 aromatic rings. The van der Waals surface area contributed by atoms with Gasteiger partial charge in [-0.05, 0) is 26.2 Å². The van der Waals surface area contributed by atoms with Gasteiger partial charge in [0.2, 0.25) is 5.91 Å². The Balaban J connectivity index is 2.51. The van der Waals surface area contributed by atoms with E-state index >= 15 is 0 Å².